The Morgan fingerprint density at radius 2 is 1.90 bits per heavy atom. The molecule has 162 valence electrons. The van der Waals surface area contributed by atoms with Crippen molar-refractivity contribution in [2.45, 2.75) is 19.0 Å². The summed E-state index contributed by atoms with van der Waals surface area (Å²) in [5.41, 5.74) is 4.76. The Hall–Kier alpha value is -3.40. The predicted octanol–water partition coefficient (Wildman–Crippen LogP) is 3.80. The van der Waals surface area contributed by atoms with Gasteiger partial charge in [-0.2, -0.15) is 18.3 Å². The van der Waals surface area contributed by atoms with Gasteiger partial charge in [-0.3, -0.25) is 19.5 Å². The third-order valence-electron chi connectivity index (χ3n) is 4.62. The number of nitrogens with two attached hydrogens (primary N) is 1. The molecule has 0 saturated carbocycles. The van der Waals surface area contributed by atoms with Crippen LogP contribution in [0.25, 0.3) is 5.69 Å². The van der Waals surface area contributed by atoms with Gasteiger partial charge in [-0.05, 0) is 36.8 Å². The van der Waals surface area contributed by atoms with Crippen molar-refractivity contribution in [3.05, 3.63) is 70.6 Å². The number of hydrogen-bond acceptors (Lipinski definition) is 4. The molecule has 31 heavy (non-hydrogen) atoms. The molecule has 0 aliphatic rings. The van der Waals surface area contributed by atoms with Gasteiger partial charge < -0.3 is 5.73 Å². The summed E-state index contributed by atoms with van der Waals surface area (Å²) in [6.45, 7) is 1.57. The summed E-state index contributed by atoms with van der Waals surface area (Å²) in [6.07, 6.45) is -3.38. The summed E-state index contributed by atoms with van der Waals surface area (Å²) in [5, 5.41) is 3.94. The summed E-state index contributed by atoms with van der Waals surface area (Å²) in [5.74, 6) is -2.08. The van der Waals surface area contributed by atoms with Gasteiger partial charge in [0.1, 0.15) is 11.5 Å². The van der Waals surface area contributed by atoms with Crippen LogP contribution < -0.4 is 10.6 Å². The minimum atomic E-state index is -4.71. The normalized spacial score (nSPS) is 12.5. The van der Waals surface area contributed by atoms with Crippen molar-refractivity contribution in [3.8, 4) is 5.69 Å². The highest BCUT2D eigenvalue weighted by Crippen LogP contribution is 2.33. The molecule has 7 nitrogen and oxygen atoms in total. The van der Waals surface area contributed by atoms with Crippen molar-refractivity contribution in [2.75, 3.05) is 11.9 Å². The van der Waals surface area contributed by atoms with Gasteiger partial charge in [0.25, 0.3) is 5.91 Å². The number of hydrogen-bond donors (Lipinski definition) is 1. The number of carbonyl (C=O) groups is 2. The van der Waals surface area contributed by atoms with Gasteiger partial charge in [0.05, 0.1) is 11.6 Å². The summed E-state index contributed by atoms with van der Waals surface area (Å²) >= 11 is 5.97. The molecule has 0 bridgehead atoms. The van der Waals surface area contributed by atoms with Crippen LogP contribution in [0.15, 0.2) is 48.7 Å². The second-order valence-electron chi connectivity index (χ2n) is 6.74. The molecule has 2 amide bonds. The fraction of sp³-hybridized carbons (Fsp3) is 0.200. The van der Waals surface area contributed by atoms with Crippen LogP contribution >= 0.6 is 11.6 Å². The van der Waals surface area contributed by atoms with Crippen molar-refractivity contribution in [2.24, 2.45) is 5.73 Å². The number of alkyl halides is 3. The van der Waals surface area contributed by atoms with E-state index < -0.39 is 29.6 Å². The zero-order valence-electron chi connectivity index (χ0n) is 16.4. The van der Waals surface area contributed by atoms with Crippen LogP contribution in [0.4, 0.5) is 19.0 Å². The maximum atomic E-state index is 13.3. The molecule has 1 unspecified atom stereocenters. The Kier molecular flexibility index (Phi) is 6.03. The zero-order valence-corrected chi connectivity index (χ0v) is 17.1. The highest BCUT2D eigenvalue weighted by Gasteiger charge is 2.36. The molecule has 0 aliphatic carbocycles. The number of aromatic nitrogens is 3. The number of primary amides is 1. The van der Waals surface area contributed by atoms with E-state index >= 15 is 0 Å². The van der Waals surface area contributed by atoms with Gasteiger partial charge >= 0.3 is 6.18 Å². The van der Waals surface area contributed by atoms with Crippen molar-refractivity contribution in [1.82, 2.24) is 14.8 Å². The SMILES string of the molecule is CC(C(=O)N(C)c1cc(C(F)(F)F)nn1-c1cccc(Cl)c1)c1ccc(C(N)=O)nc1. The van der Waals surface area contributed by atoms with E-state index in [0.29, 0.717) is 10.6 Å². The molecular formula is C20H17ClF3N5O2. The van der Waals surface area contributed by atoms with E-state index in [9.17, 15) is 22.8 Å². The number of pyridine rings is 1. The van der Waals surface area contributed by atoms with E-state index in [0.717, 1.165) is 15.6 Å². The molecule has 3 aromatic rings. The number of anilines is 1. The minimum Gasteiger partial charge on any atom is -0.364 e. The van der Waals surface area contributed by atoms with Gasteiger partial charge in [0.15, 0.2) is 5.69 Å². The van der Waals surface area contributed by atoms with Crippen LogP contribution in [0.1, 0.15) is 34.6 Å². The minimum absolute atomic E-state index is 0.0330. The van der Waals surface area contributed by atoms with E-state index in [-0.39, 0.29) is 17.2 Å². The van der Waals surface area contributed by atoms with Crippen molar-refractivity contribution in [1.29, 1.82) is 0 Å². The molecule has 0 spiro atoms. The first kappa shape index (κ1) is 22.3. The van der Waals surface area contributed by atoms with Gasteiger partial charge in [-0.25, -0.2) is 4.68 Å². The number of likely N-dealkylation sites (N-methyl/N-ethyl adjacent to an activating group) is 1. The molecule has 1 atom stereocenters. The van der Waals surface area contributed by atoms with Crippen LogP contribution in [0, 0.1) is 0 Å². The summed E-state index contributed by atoms with van der Waals surface area (Å²) < 4.78 is 41.0. The average Bonchev–Trinajstić information content (AvgIpc) is 3.18. The second kappa shape index (κ2) is 8.38. The third kappa shape index (κ3) is 4.69. The first-order chi connectivity index (χ1) is 14.5. The molecule has 0 saturated heterocycles. The van der Waals surface area contributed by atoms with Crippen molar-refractivity contribution >= 4 is 29.2 Å². The molecule has 1 aromatic carbocycles. The van der Waals surface area contributed by atoms with Crippen LogP contribution in [0.5, 0.6) is 0 Å². The standard InChI is InChI=1S/C20H17ClF3N5O2/c1-11(12-6-7-15(18(25)30)26-10-12)19(31)28(2)17-9-16(20(22,23)24)27-29(17)14-5-3-4-13(21)8-14/h3-11H,1-2H3,(H2,25,30). The first-order valence-electron chi connectivity index (χ1n) is 8.95. The lowest BCUT2D eigenvalue weighted by molar-refractivity contribution is -0.141. The number of halogens is 4. The highest BCUT2D eigenvalue weighted by molar-refractivity contribution is 6.30. The molecule has 0 fully saturated rings. The smallest absolute Gasteiger partial charge is 0.364 e. The summed E-state index contributed by atoms with van der Waals surface area (Å²) in [6, 6.07) is 9.77. The van der Waals surface area contributed by atoms with Crippen LogP contribution in [0.3, 0.4) is 0 Å². The second-order valence-corrected chi connectivity index (χ2v) is 7.17. The van der Waals surface area contributed by atoms with E-state index in [1.54, 1.807) is 19.1 Å². The fourth-order valence-electron chi connectivity index (χ4n) is 2.90. The summed E-state index contributed by atoms with van der Waals surface area (Å²) in [7, 11) is 1.35. The first-order valence-corrected chi connectivity index (χ1v) is 9.33. The Morgan fingerprint density at radius 1 is 1.19 bits per heavy atom. The molecule has 2 N–H and O–H groups in total. The lowest BCUT2D eigenvalue weighted by Gasteiger charge is -2.22. The average molecular weight is 452 g/mol. The molecule has 3 rings (SSSR count). The third-order valence-corrected chi connectivity index (χ3v) is 4.85. The van der Waals surface area contributed by atoms with Gasteiger partial charge in [0.2, 0.25) is 5.91 Å². The van der Waals surface area contributed by atoms with Gasteiger partial charge in [-0.15, -0.1) is 0 Å². The Morgan fingerprint density at radius 3 is 2.45 bits per heavy atom. The number of amides is 2. The van der Waals surface area contributed by atoms with E-state index in [4.69, 9.17) is 17.3 Å². The largest absolute Gasteiger partial charge is 0.435 e. The van der Waals surface area contributed by atoms with Crippen LogP contribution in [-0.2, 0) is 11.0 Å². The highest BCUT2D eigenvalue weighted by atomic mass is 35.5. The van der Waals surface area contributed by atoms with Crippen LogP contribution in [-0.4, -0.2) is 33.6 Å². The van der Waals surface area contributed by atoms with Crippen molar-refractivity contribution < 1.29 is 22.8 Å². The number of rotatable bonds is 5. The molecule has 0 radical (unpaired) electrons. The van der Waals surface area contributed by atoms with Crippen LogP contribution in [0.2, 0.25) is 5.02 Å². The Balaban J connectivity index is 1.99. The van der Waals surface area contributed by atoms with Gasteiger partial charge in [-0.1, -0.05) is 23.7 Å². The number of nitrogens with zero attached hydrogens (tertiary/aromatic N) is 4. The zero-order chi connectivity index (χ0) is 22.9. The lowest BCUT2D eigenvalue weighted by Crippen LogP contribution is -2.32. The summed E-state index contributed by atoms with van der Waals surface area (Å²) in [4.78, 5) is 29.2. The van der Waals surface area contributed by atoms with Crippen molar-refractivity contribution in [3.63, 3.8) is 0 Å². The molecule has 2 aromatic heterocycles. The lowest BCUT2D eigenvalue weighted by atomic mass is 10.0. The van der Waals surface area contributed by atoms with Gasteiger partial charge in [0, 0.05) is 24.3 Å². The number of carbonyl (C=O) groups excluding carboxylic acids is 2. The Labute approximate surface area is 180 Å². The maximum Gasteiger partial charge on any atom is 0.435 e. The maximum absolute atomic E-state index is 13.3. The molecular weight excluding hydrogens is 435 g/mol. The molecule has 11 heteroatoms. The van der Waals surface area contributed by atoms with E-state index in [1.165, 1.54) is 37.5 Å². The predicted molar refractivity (Wildman–Crippen MR) is 108 cm³/mol. The molecule has 2 heterocycles. The topological polar surface area (TPSA) is 94.1 Å². The number of benzene rings is 1. The monoisotopic (exact) mass is 451 g/mol. The fourth-order valence-corrected chi connectivity index (χ4v) is 3.08. The van der Waals surface area contributed by atoms with E-state index in [1.807, 2.05) is 0 Å². The van der Waals surface area contributed by atoms with E-state index in [2.05, 4.69) is 10.1 Å². The Bertz CT molecular complexity index is 1130. The molecule has 0 aliphatic heterocycles. The quantitative estimate of drug-likeness (QED) is 0.638.